The molecule has 0 aliphatic rings. The molecule has 0 atom stereocenters. The Balaban J connectivity index is 1.74. The summed E-state index contributed by atoms with van der Waals surface area (Å²) in [6, 6.07) is 14.3. The van der Waals surface area contributed by atoms with Gasteiger partial charge in [0.25, 0.3) is 0 Å². The molecular formula is C22H27NO6. The van der Waals surface area contributed by atoms with E-state index in [1.165, 1.54) is 0 Å². The molecule has 0 saturated heterocycles. The predicted molar refractivity (Wildman–Crippen MR) is 110 cm³/mol. The summed E-state index contributed by atoms with van der Waals surface area (Å²) in [6.45, 7) is 4.74. The lowest BCUT2D eigenvalue weighted by molar-refractivity contribution is -0.145. The molecule has 1 amide bonds. The van der Waals surface area contributed by atoms with Crippen molar-refractivity contribution >= 4 is 17.6 Å². The lowest BCUT2D eigenvalue weighted by Crippen LogP contribution is -2.15. The zero-order chi connectivity index (χ0) is 20.9. The molecule has 29 heavy (non-hydrogen) atoms. The van der Waals surface area contributed by atoms with Gasteiger partial charge >= 0.3 is 5.97 Å². The summed E-state index contributed by atoms with van der Waals surface area (Å²) in [6.07, 6.45) is 0.871. The van der Waals surface area contributed by atoms with Crippen LogP contribution in [0, 0.1) is 0 Å². The molecule has 0 aromatic heterocycles. The molecule has 0 fully saturated rings. The van der Waals surface area contributed by atoms with Crippen LogP contribution in [0.5, 0.6) is 17.2 Å². The summed E-state index contributed by atoms with van der Waals surface area (Å²) in [5, 5.41) is 2.81. The summed E-state index contributed by atoms with van der Waals surface area (Å²) in [5.41, 5.74) is 0.596. The Bertz CT molecular complexity index is 792. The maximum absolute atomic E-state index is 12.1. The van der Waals surface area contributed by atoms with Crippen LogP contribution < -0.4 is 19.5 Å². The van der Waals surface area contributed by atoms with Gasteiger partial charge < -0.3 is 24.3 Å². The highest BCUT2D eigenvalue weighted by atomic mass is 16.6. The van der Waals surface area contributed by atoms with Crippen LogP contribution in [0.15, 0.2) is 48.5 Å². The van der Waals surface area contributed by atoms with Crippen molar-refractivity contribution in [1.29, 1.82) is 0 Å². The van der Waals surface area contributed by atoms with E-state index in [0.29, 0.717) is 55.6 Å². The Hall–Kier alpha value is -3.22. The second-order valence-corrected chi connectivity index (χ2v) is 6.00. The maximum atomic E-state index is 12.1. The zero-order valence-electron chi connectivity index (χ0n) is 16.8. The van der Waals surface area contributed by atoms with Crippen molar-refractivity contribution in [2.24, 2.45) is 0 Å². The van der Waals surface area contributed by atoms with E-state index >= 15 is 0 Å². The topological polar surface area (TPSA) is 83.1 Å². The van der Waals surface area contributed by atoms with E-state index in [4.69, 9.17) is 18.9 Å². The van der Waals surface area contributed by atoms with E-state index in [1.807, 2.05) is 31.2 Å². The number of para-hydroxylation sites is 2. The number of anilines is 1. The summed E-state index contributed by atoms with van der Waals surface area (Å²) in [4.78, 5) is 23.5. The van der Waals surface area contributed by atoms with E-state index in [-0.39, 0.29) is 12.5 Å². The maximum Gasteiger partial charge on any atom is 0.344 e. The molecular weight excluding hydrogens is 374 g/mol. The molecule has 0 aliphatic carbocycles. The van der Waals surface area contributed by atoms with Crippen molar-refractivity contribution < 1.29 is 28.5 Å². The van der Waals surface area contributed by atoms with Crippen LogP contribution in [0.1, 0.15) is 26.7 Å². The minimum atomic E-state index is -0.437. The highest BCUT2D eigenvalue weighted by Crippen LogP contribution is 2.26. The molecule has 0 spiro atoms. The number of ether oxygens (including phenoxy) is 4. The van der Waals surface area contributed by atoms with Gasteiger partial charge in [0, 0.05) is 18.2 Å². The molecule has 0 aliphatic heterocycles. The number of rotatable bonds is 12. The van der Waals surface area contributed by atoms with Gasteiger partial charge in [0.1, 0.15) is 5.75 Å². The molecule has 2 aromatic carbocycles. The van der Waals surface area contributed by atoms with Crippen LogP contribution in [0.25, 0.3) is 0 Å². The van der Waals surface area contributed by atoms with Crippen molar-refractivity contribution in [2.45, 2.75) is 26.7 Å². The van der Waals surface area contributed by atoms with Gasteiger partial charge in [-0.3, -0.25) is 4.79 Å². The fourth-order valence-electron chi connectivity index (χ4n) is 2.49. The van der Waals surface area contributed by atoms with Crippen molar-refractivity contribution in [3.8, 4) is 17.2 Å². The highest BCUT2D eigenvalue weighted by Gasteiger charge is 2.07. The third kappa shape index (κ3) is 8.13. The van der Waals surface area contributed by atoms with Gasteiger partial charge in [-0.25, -0.2) is 4.79 Å². The molecule has 156 valence electrons. The average Bonchev–Trinajstić information content (AvgIpc) is 2.71. The SMILES string of the molecule is CCOC(=O)COc1cccc(NC(=O)CCCOc2ccccc2OCC)c1. The van der Waals surface area contributed by atoms with Crippen LogP contribution in [0.2, 0.25) is 0 Å². The fraction of sp³-hybridized carbons (Fsp3) is 0.364. The van der Waals surface area contributed by atoms with Crippen LogP contribution in [-0.4, -0.2) is 38.3 Å². The lowest BCUT2D eigenvalue weighted by atomic mass is 10.2. The number of hydrogen-bond donors (Lipinski definition) is 1. The van der Waals surface area contributed by atoms with E-state index in [0.717, 1.165) is 0 Å². The van der Waals surface area contributed by atoms with Crippen LogP contribution in [-0.2, 0) is 14.3 Å². The molecule has 2 aromatic rings. The third-order valence-corrected chi connectivity index (χ3v) is 3.73. The van der Waals surface area contributed by atoms with Crippen molar-refractivity contribution in [2.75, 3.05) is 31.7 Å². The van der Waals surface area contributed by atoms with Gasteiger partial charge in [0.05, 0.1) is 19.8 Å². The second kappa shape index (κ2) is 12.3. The quantitative estimate of drug-likeness (QED) is 0.430. The Labute approximate surface area is 170 Å². The number of benzene rings is 2. The Kier molecular flexibility index (Phi) is 9.35. The molecule has 0 radical (unpaired) electrons. The van der Waals surface area contributed by atoms with Gasteiger partial charge in [-0.2, -0.15) is 0 Å². The van der Waals surface area contributed by atoms with E-state index < -0.39 is 5.97 Å². The molecule has 2 rings (SSSR count). The van der Waals surface area contributed by atoms with Crippen LogP contribution in [0.3, 0.4) is 0 Å². The summed E-state index contributed by atoms with van der Waals surface area (Å²) < 4.78 is 21.4. The van der Waals surface area contributed by atoms with Gasteiger partial charge in [0.15, 0.2) is 18.1 Å². The fourth-order valence-corrected chi connectivity index (χ4v) is 2.49. The first-order chi connectivity index (χ1) is 14.1. The smallest absolute Gasteiger partial charge is 0.344 e. The normalized spacial score (nSPS) is 10.1. The van der Waals surface area contributed by atoms with Gasteiger partial charge in [-0.15, -0.1) is 0 Å². The molecule has 0 unspecified atom stereocenters. The summed E-state index contributed by atoms with van der Waals surface area (Å²) in [5.74, 6) is 1.27. The number of hydrogen-bond acceptors (Lipinski definition) is 6. The third-order valence-electron chi connectivity index (χ3n) is 3.73. The van der Waals surface area contributed by atoms with E-state index in [9.17, 15) is 9.59 Å². The standard InChI is InChI=1S/C22H27NO6/c1-3-26-19-11-5-6-12-20(19)28-14-8-13-21(24)23-17-9-7-10-18(15-17)29-16-22(25)27-4-2/h5-7,9-12,15H,3-4,8,13-14,16H2,1-2H3,(H,23,24). The Morgan fingerprint density at radius 2 is 1.66 bits per heavy atom. The first-order valence-corrected chi connectivity index (χ1v) is 9.65. The lowest BCUT2D eigenvalue weighted by Gasteiger charge is -2.11. The molecule has 1 N–H and O–H groups in total. The number of carbonyl (C=O) groups is 2. The number of esters is 1. The zero-order valence-corrected chi connectivity index (χ0v) is 16.8. The Morgan fingerprint density at radius 1 is 0.897 bits per heavy atom. The second-order valence-electron chi connectivity index (χ2n) is 6.00. The average molecular weight is 401 g/mol. The van der Waals surface area contributed by atoms with E-state index in [2.05, 4.69) is 5.32 Å². The van der Waals surface area contributed by atoms with Gasteiger partial charge in [-0.1, -0.05) is 18.2 Å². The summed E-state index contributed by atoms with van der Waals surface area (Å²) in [7, 11) is 0. The van der Waals surface area contributed by atoms with Crippen molar-refractivity contribution in [1.82, 2.24) is 0 Å². The van der Waals surface area contributed by atoms with Gasteiger partial charge in [-0.05, 0) is 44.5 Å². The first-order valence-electron chi connectivity index (χ1n) is 9.65. The van der Waals surface area contributed by atoms with Crippen LogP contribution in [0.4, 0.5) is 5.69 Å². The van der Waals surface area contributed by atoms with Crippen LogP contribution >= 0.6 is 0 Å². The molecule has 7 heteroatoms. The first kappa shape index (κ1) is 22.1. The minimum Gasteiger partial charge on any atom is -0.490 e. The molecule has 0 bridgehead atoms. The van der Waals surface area contributed by atoms with Gasteiger partial charge in [0.2, 0.25) is 5.91 Å². The van der Waals surface area contributed by atoms with Crippen molar-refractivity contribution in [3.63, 3.8) is 0 Å². The number of amides is 1. The molecule has 0 heterocycles. The highest BCUT2D eigenvalue weighted by molar-refractivity contribution is 5.90. The molecule has 7 nitrogen and oxygen atoms in total. The monoisotopic (exact) mass is 401 g/mol. The number of carbonyl (C=O) groups excluding carboxylic acids is 2. The molecule has 0 saturated carbocycles. The van der Waals surface area contributed by atoms with E-state index in [1.54, 1.807) is 31.2 Å². The largest absolute Gasteiger partial charge is 0.490 e. The summed E-state index contributed by atoms with van der Waals surface area (Å²) >= 11 is 0. The predicted octanol–water partition coefficient (Wildman–Crippen LogP) is 3.82. The Morgan fingerprint density at radius 3 is 2.38 bits per heavy atom. The van der Waals surface area contributed by atoms with Crippen molar-refractivity contribution in [3.05, 3.63) is 48.5 Å². The minimum absolute atomic E-state index is 0.130. The number of nitrogens with one attached hydrogen (secondary N) is 1.